The third-order valence-corrected chi connectivity index (χ3v) is 2.69. The molecule has 1 aromatic heterocycles. The van der Waals surface area contributed by atoms with Gasteiger partial charge in [-0.25, -0.2) is 0 Å². The number of aryl methyl sites for hydroxylation is 2. The SMILES string of the molecule is Cc1ccc(CNC(=S)Nc2cc(C)on2)cc1. The smallest absolute Gasteiger partial charge is 0.175 e. The molecule has 0 bridgehead atoms. The molecule has 1 aromatic carbocycles. The fraction of sp³-hybridized carbons (Fsp3) is 0.231. The van der Waals surface area contributed by atoms with E-state index in [0.717, 1.165) is 5.76 Å². The van der Waals surface area contributed by atoms with Gasteiger partial charge in [-0.05, 0) is 31.6 Å². The molecular weight excluding hydrogens is 246 g/mol. The Bertz CT molecular complexity index is 533. The third kappa shape index (κ3) is 3.56. The minimum absolute atomic E-state index is 0.531. The van der Waals surface area contributed by atoms with Crippen molar-refractivity contribution in [3.8, 4) is 0 Å². The van der Waals surface area contributed by atoms with Gasteiger partial charge in [0.25, 0.3) is 0 Å². The van der Waals surface area contributed by atoms with Crippen LogP contribution in [0, 0.1) is 13.8 Å². The second-order valence-corrected chi connectivity index (χ2v) is 4.52. The minimum Gasteiger partial charge on any atom is -0.360 e. The van der Waals surface area contributed by atoms with E-state index in [2.05, 4.69) is 47.0 Å². The molecular formula is C13H15N3OS. The van der Waals surface area contributed by atoms with Crippen LogP contribution in [0.3, 0.4) is 0 Å². The molecule has 94 valence electrons. The number of nitrogens with zero attached hydrogens (tertiary/aromatic N) is 1. The molecule has 0 aliphatic rings. The van der Waals surface area contributed by atoms with E-state index in [9.17, 15) is 0 Å². The van der Waals surface area contributed by atoms with E-state index >= 15 is 0 Å². The average molecular weight is 261 g/mol. The van der Waals surface area contributed by atoms with Gasteiger partial charge >= 0.3 is 0 Å². The summed E-state index contributed by atoms with van der Waals surface area (Å²) in [5.74, 6) is 1.37. The predicted molar refractivity (Wildman–Crippen MR) is 75.5 cm³/mol. The first-order valence-electron chi connectivity index (χ1n) is 5.67. The Balaban J connectivity index is 1.83. The Morgan fingerprint density at radius 2 is 2.00 bits per heavy atom. The molecule has 2 N–H and O–H groups in total. The van der Waals surface area contributed by atoms with Crippen LogP contribution in [0.1, 0.15) is 16.9 Å². The summed E-state index contributed by atoms with van der Waals surface area (Å²) in [5, 5.41) is 10.4. The largest absolute Gasteiger partial charge is 0.360 e. The predicted octanol–water partition coefficient (Wildman–Crippen LogP) is 2.78. The van der Waals surface area contributed by atoms with Gasteiger partial charge in [0, 0.05) is 12.6 Å². The summed E-state index contributed by atoms with van der Waals surface area (Å²) in [7, 11) is 0. The zero-order valence-corrected chi connectivity index (χ0v) is 11.2. The monoisotopic (exact) mass is 261 g/mol. The first-order valence-corrected chi connectivity index (χ1v) is 6.08. The van der Waals surface area contributed by atoms with Gasteiger partial charge in [-0.3, -0.25) is 0 Å². The molecule has 0 amide bonds. The minimum atomic E-state index is 0.531. The summed E-state index contributed by atoms with van der Waals surface area (Å²) >= 11 is 5.17. The van der Waals surface area contributed by atoms with E-state index < -0.39 is 0 Å². The van der Waals surface area contributed by atoms with Gasteiger partial charge in [-0.2, -0.15) is 0 Å². The summed E-state index contributed by atoms with van der Waals surface area (Å²) in [6.07, 6.45) is 0. The van der Waals surface area contributed by atoms with Crippen LogP contribution in [-0.2, 0) is 6.54 Å². The van der Waals surface area contributed by atoms with Gasteiger partial charge in [-0.1, -0.05) is 35.0 Å². The molecule has 4 nitrogen and oxygen atoms in total. The molecule has 0 spiro atoms. The van der Waals surface area contributed by atoms with Crippen LogP contribution in [0.5, 0.6) is 0 Å². The summed E-state index contributed by atoms with van der Waals surface area (Å²) in [5.41, 5.74) is 2.43. The van der Waals surface area contributed by atoms with Crippen molar-refractivity contribution < 1.29 is 4.52 Å². The Hall–Kier alpha value is -1.88. The molecule has 2 rings (SSSR count). The number of nitrogens with one attached hydrogen (secondary N) is 2. The normalized spacial score (nSPS) is 10.1. The van der Waals surface area contributed by atoms with Crippen LogP contribution in [0.15, 0.2) is 34.9 Å². The van der Waals surface area contributed by atoms with Gasteiger partial charge < -0.3 is 15.2 Å². The van der Waals surface area contributed by atoms with Crippen molar-refractivity contribution in [1.29, 1.82) is 0 Å². The highest BCUT2D eigenvalue weighted by Crippen LogP contribution is 2.07. The fourth-order valence-electron chi connectivity index (χ4n) is 1.47. The molecule has 0 radical (unpaired) electrons. The first-order chi connectivity index (χ1) is 8.63. The fourth-order valence-corrected chi connectivity index (χ4v) is 1.65. The van der Waals surface area contributed by atoms with Gasteiger partial charge in [0.05, 0.1) is 0 Å². The van der Waals surface area contributed by atoms with Gasteiger partial charge in [0.1, 0.15) is 5.76 Å². The van der Waals surface area contributed by atoms with Crippen molar-refractivity contribution in [3.05, 3.63) is 47.2 Å². The van der Waals surface area contributed by atoms with E-state index in [1.807, 2.05) is 6.92 Å². The molecule has 5 heteroatoms. The maximum atomic E-state index is 5.17. The maximum Gasteiger partial charge on any atom is 0.175 e. The number of rotatable bonds is 3. The number of anilines is 1. The van der Waals surface area contributed by atoms with Crippen molar-refractivity contribution in [1.82, 2.24) is 10.5 Å². The lowest BCUT2D eigenvalue weighted by atomic mass is 10.1. The maximum absolute atomic E-state index is 5.17. The van der Waals surface area contributed by atoms with Crippen molar-refractivity contribution >= 4 is 23.1 Å². The molecule has 18 heavy (non-hydrogen) atoms. The second kappa shape index (κ2) is 5.64. The lowest BCUT2D eigenvalue weighted by Gasteiger charge is -2.08. The molecule has 0 aliphatic carbocycles. The number of thiocarbonyl (C=S) groups is 1. The van der Waals surface area contributed by atoms with E-state index in [0.29, 0.717) is 17.5 Å². The zero-order valence-electron chi connectivity index (χ0n) is 10.4. The van der Waals surface area contributed by atoms with Crippen LogP contribution >= 0.6 is 12.2 Å². The van der Waals surface area contributed by atoms with Crippen molar-refractivity contribution in [2.45, 2.75) is 20.4 Å². The number of aromatic nitrogens is 1. The lowest BCUT2D eigenvalue weighted by Crippen LogP contribution is -2.27. The highest BCUT2D eigenvalue weighted by molar-refractivity contribution is 7.80. The first kappa shape index (κ1) is 12.6. The molecule has 0 saturated carbocycles. The Morgan fingerprint density at radius 1 is 1.28 bits per heavy atom. The van der Waals surface area contributed by atoms with Crippen LogP contribution in [0.25, 0.3) is 0 Å². The van der Waals surface area contributed by atoms with Crippen molar-refractivity contribution in [2.24, 2.45) is 0 Å². The number of benzene rings is 1. The van der Waals surface area contributed by atoms with E-state index in [1.165, 1.54) is 11.1 Å². The van der Waals surface area contributed by atoms with Crippen molar-refractivity contribution in [3.63, 3.8) is 0 Å². The topological polar surface area (TPSA) is 50.1 Å². The molecule has 1 heterocycles. The Labute approximate surface area is 111 Å². The summed E-state index contributed by atoms with van der Waals surface area (Å²) < 4.78 is 4.94. The highest BCUT2D eigenvalue weighted by atomic mass is 32.1. The zero-order chi connectivity index (χ0) is 13.0. The molecule has 0 atom stereocenters. The highest BCUT2D eigenvalue weighted by Gasteiger charge is 2.02. The quantitative estimate of drug-likeness (QED) is 0.832. The molecule has 0 aliphatic heterocycles. The molecule has 2 aromatic rings. The van der Waals surface area contributed by atoms with Gasteiger partial charge in [-0.15, -0.1) is 0 Å². The standard InChI is InChI=1S/C13H15N3OS/c1-9-3-5-11(6-4-9)8-14-13(18)15-12-7-10(2)17-16-12/h3-7H,8H2,1-2H3,(H2,14,15,16,18). The van der Waals surface area contributed by atoms with Crippen LogP contribution < -0.4 is 10.6 Å². The van der Waals surface area contributed by atoms with Crippen LogP contribution in [-0.4, -0.2) is 10.3 Å². The van der Waals surface area contributed by atoms with Gasteiger partial charge in [0.2, 0.25) is 0 Å². The average Bonchev–Trinajstić information content (AvgIpc) is 2.74. The van der Waals surface area contributed by atoms with Crippen LogP contribution in [0.4, 0.5) is 5.82 Å². The molecule has 0 fully saturated rings. The Kier molecular flexibility index (Phi) is 3.94. The molecule has 0 unspecified atom stereocenters. The van der Waals surface area contributed by atoms with Gasteiger partial charge in [0.15, 0.2) is 10.9 Å². The lowest BCUT2D eigenvalue weighted by molar-refractivity contribution is 0.400. The third-order valence-electron chi connectivity index (χ3n) is 2.44. The van der Waals surface area contributed by atoms with E-state index in [1.54, 1.807) is 6.07 Å². The summed E-state index contributed by atoms with van der Waals surface area (Å²) in [6, 6.07) is 10.1. The van der Waals surface area contributed by atoms with E-state index in [-0.39, 0.29) is 0 Å². The van der Waals surface area contributed by atoms with Crippen LogP contribution in [0.2, 0.25) is 0 Å². The second-order valence-electron chi connectivity index (χ2n) is 4.12. The summed E-state index contributed by atoms with van der Waals surface area (Å²) in [6.45, 7) is 4.58. The summed E-state index contributed by atoms with van der Waals surface area (Å²) in [4.78, 5) is 0. The molecule has 0 saturated heterocycles. The van der Waals surface area contributed by atoms with Crippen molar-refractivity contribution in [2.75, 3.05) is 5.32 Å². The van der Waals surface area contributed by atoms with E-state index in [4.69, 9.17) is 16.7 Å². The number of hydrogen-bond acceptors (Lipinski definition) is 3. The Morgan fingerprint density at radius 3 is 2.61 bits per heavy atom. The number of hydrogen-bond donors (Lipinski definition) is 2.